The third kappa shape index (κ3) is 3.16. The average molecular weight is 235 g/mol. The Bertz CT molecular complexity index is 445. The van der Waals surface area contributed by atoms with Crippen LogP contribution in [0.3, 0.4) is 0 Å². The topological polar surface area (TPSA) is 46.2 Å². The molecule has 0 fully saturated rings. The third-order valence-electron chi connectivity index (χ3n) is 1.69. The van der Waals surface area contributed by atoms with Gasteiger partial charge in [-0.05, 0) is 18.6 Å². The van der Waals surface area contributed by atoms with Crippen molar-refractivity contribution < 1.29 is 17.2 Å². The fourth-order valence-corrected chi connectivity index (χ4v) is 2.20. The van der Waals surface area contributed by atoms with E-state index in [2.05, 4.69) is 0 Å². The summed E-state index contributed by atoms with van der Waals surface area (Å²) in [6.07, 6.45) is 0.409. The maximum absolute atomic E-state index is 13.1. The molecular weight excluding hydrogens is 224 g/mol. The van der Waals surface area contributed by atoms with Crippen LogP contribution in [0.5, 0.6) is 0 Å². The van der Waals surface area contributed by atoms with Crippen molar-refractivity contribution in [3.63, 3.8) is 0 Å². The predicted octanol–water partition coefficient (Wildman–Crippen LogP) is 2.12. The molecule has 0 aliphatic carbocycles. The monoisotopic (exact) mass is 235 g/mol. The van der Waals surface area contributed by atoms with Crippen LogP contribution in [0, 0.1) is 11.6 Å². The smallest absolute Gasteiger partial charge is 0.232 e. The quantitative estimate of drug-likeness (QED) is 0.868. The molecule has 6 heteroatoms. The van der Waals surface area contributed by atoms with Crippen LogP contribution in [-0.4, -0.2) is 14.2 Å². The molecule has 84 valence electrons. The molecule has 0 aromatic heterocycles. The molecule has 1 N–H and O–H groups in total. The second kappa shape index (κ2) is 4.57. The number of sulfonamides is 1. The fraction of sp³-hybridized carbons (Fsp3) is 0.333. The van der Waals surface area contributed by atoms with Crippen LogP contribution < -0.4 is 4.72 Å². The van der Waals surface area contributed by atoms with Crippen LogP contribution in [0.25, 0.3) is 0 Å². The van der Waals surface area contributed by atoms with Gasteiger partial charge in [-0.15, -0.1) is 0 Å². The van der Waals surface area contributed by atoms with Crippen LogP contribution in [-0.2, 0) is 10.0 Å². The summed E-state index contributed by atoms with van der Waals surface area (Å²) >= 11 is 0. The second-order valence-electron chi connectivity index (χ2n) is 3.02. The Balaban J connectivity index is 2.95. The van der Waals surface area contributed by atoms with Gasteiger partial charge in [0.1, 0.15) is 0 Å². The van der Waals surface area contributed by atoms with Gasteiger partial charge in [0.25, 0.3) is 0 Å². The molecule has 0 aliphatic heterocycles. The first-order chi connectivity index (χ1) is 6.96. The Morgan fingerprint density at radius 2 is 2.00 bits per heavy atom. The van der Waals surface area contributed by atoms with Gasteiger partial charge in [-0.2, -0.15) is 0 Å². The van der Waals surface area contributed by atoms with Gasteiger partial charge >= 0.3 is 0 Å². The Hall–Kier alpha value is -1.17. The highest BCUT2D eigenvalue weighted by Gasteiger charge is 2.13. The number of halogens is 2. The normalized spacial score (nSPS) is 11.4. The summed E-state index contributed by atoms with van der Waals surface area (Å²) in [6.45, 7) is 1.68. The summed E-state index contributed by atoms with van der Waals surface area (Å²) in [5.74, 6) is -2.38. The minimum Gasteiger partial charge on any atom is -0.280 e. The average Bonchev–Trinajstić information content (AvgIpc) is 2.12. The largest absolute Gasteiger partial charge is 0.280 e. The van der Waals surface area contributed by atoms with Gasteiger partial charge in [-0.25, -0.2) is 17.2 Å². The van der Waals surface area contributed by atoms with E-state index in [4.69, 9.17) is 0 Å². The second-order valence-corrected chi connectivity index (χ2v) is 4.86. The molecule has 1 rings (SSSR count). The Kier molecular flexibility index (Phi) is 3.62. The number of benzene rings is 1. The Labute approximate surface area is 87.2 Å². The molecule has 0 unspecified atom stereocenters. The van der Waals surface area contributed by atoms with Gasteiger partial charge in [0, 0.05) is 0 Å². The molecule has 0 aliphatic rings. The van der Waals surface area contributed by atoms with Crippen molar-refractivity contribution in [2.75, 3.05) is 10.5 Å². The van der Waals surface area contributed by atoms with Crippen molar-refractivity contribution in [3.8, 4) is 0 Å². The molecule has 3 nitrogen and oxygen atoms in total. The summed E-state index contributed by atoms with van der Waals surface area (Å²) in [7, 11) is -3.58. The third-order valence-corrected chi connectivity index (χ3v) is 3.17. The summed E-state index contributed by atoms with van der Waals surface area (Å²) in [4.78, 5) is 0. The van der Waals surface area contributed by atoms with Gasteiger partial charge in [-0.1, -0.05) is 13.0 Å². The molecule has 0 radical (unpaired) electrons. The highest BCUT2D eigenvalue weighted by molar-refractivity contribution is 7.92. The molecule has 1 aromatic rings. The number of hydrogen-bond donors (Lipinski definition) is 1. The van der Waals surface area contributed by atoms with E-state index in [1.54, 1.807) is 6.92 Å². The molecular formula is C9H11F2NO2S. The van der Waals surface area contributed by atoms with Crippen LogP contribution >= 0.6 is 0 Å². The van der Waals surface area contributed by atoms with Gasteiger partial charge < -0.3 is 0 Å². The van der Waals surface area contributed by atoms with E-state index in [0.29, 0.717) is 6.42 Å². The van der Waals surface area contributed by atoms with Crippen LogP contribution in [0.2, 0.25) is 0 Å². The number of anilines is 1. The summed E-state index contributed by atoms with van der Waals surface area (Å²) in [5, 5.41) is 0. The highest BCUT2D eigenvalue weighted by Crippen LogP contribution is 2.17. The molecule has 0 saturated heterocycles. The first kappa shape index (κ1) is 11.9. The lowest BCUT2D eigenvalue weighted by Crippen LogP contribution is -2.17. The summed E-state index contributed by atoms with van der Waals surface area (Å²) in [6, 6.07) is 3.33. The fourth-order valence-electron chi connectivity index (χ4n) is 1.07. The van der Waals surface area contributed by atoms with Crippen molar-refractivity contribution in [3.05, 3.63) is 29.8 Å². The first-order valence-electron chi connectivity index (χ1n) is 4.41. The van der Waals surface area contributed by atoms with Crippen molar-refractivity contribution in [2.45, 2.75) is 13.3 Å². The molecule has 0 heterocycles. The molecule has 0 bridgehead atoms. The molecule has 0 amide bonds. The van der Waals surface area contributed by atoms with Crippen molar-refractivity contribution in [1.82, 2.24) is 0 Å². The standard InChI is InChI=1S/C9H11F2NO2S/c1-2-6-15(13,14)12-8-5-3-4-7(10)9(8)11/h3-5,12H,2,6H2,1H3. The molecule has 15 heavy (non-hydrogen) atoms. The van der Waals surface area contributed by atoms with Crippen LogP contribution in [0.1, 0.15) is 13.3 Å². The molecule has 0 atom stereocenters. The van der Waals surface area contributed by atoms with Crippen molar-refractivity contribution >= 4 is 15.7 Å². The number of rotatable bonds is 4. The van der Waals surface area contributed by atoms with Gasteiger partial charge in [0.2, 0.25) is 10.0 Å². The SMILES string of the molecule is CCCS(=O)(=O)Nc1cccc(F)c1F. The lowest BCUT2D eigenvalue weighted by molar-refractivity contribution is 0.511. The Morgan fingerprint density at radius 3 is 2.60 bits per heavy atom. The maximum atomic E-state index is 13.1. The zero-order valence-corrected chi connectivity index (χ0v) is 8.94. The van der Waals surface area contributed by atoms with E-state index in [1.165, 1.54) is 12.1 Å². The Morgan fingerprint density at radius 1 is 1.33 bits per heavy atom. The first-order valence-corrected chi connectivity index (χ1v) is 6.06. The number of hydrogen-bond acceptors (Lipinski definition) is 2. The minimum absolute atomic E-state index is 0.122. The minimum atomic E-state index is -3.58. The van der Waals surface area contributed by atoms with Gasteiger partial charge in [0.05, 0.1) is 11.4 Å². The van der Waals surface area contributed by atoms with E-state index in [0.717, 1.165) is 6.07 Å². The lowest BCUT2D eigenvalue weighted by atomic mass is 10.3. The lowest BCUT2D eigenvalue weighted by Gasteiger charge is -2.07. The van der Waals surface area contributed by atoms with Crippen molar-refractivity contribution in [2.24, 2.45) is 0 Å². The highest BCUT2D eigenvalue weighted by atomic mass is 32.2. The zero-order chi connectivity index (χ0) is 11.5. The zero-order valence-electron chi connectivity index (χ0n) is 8.13. The van der Waals surface area contributed by atoms with E-state index >= 15 is 0 Å². The molecule has 0 spiro atoms. The molecule has 1 aromatic carbocycles. The van der Waals surface area contributed by atoms with Crippen molar-refractivity contribution in [1.29, 1.82) is 0 Å². The summed E-state index contributed by atoms with van der Waals surface area (Å²) in [5.41, 5.74) is -0.358. The van der Waals surface area contributed by atoms with E-state index in [9.17, 15) is 17.2 Å². The van der Waals surface area contributed by atoms with Gasteiger partial charge in [0.15, 0.2) is 11.6 Å². The maximum Gasteiger partial charge on any atom is 0.232 e. The number of nitrogens with one attached hydrogen (secondary N) is 1. The van der Waals surface area contributed by atoms with Crippen LogP contribution in [0.15, 0.2) is 18.2 Å². The van der Waals surface area contributed by atoms with E-state index in [-0.39, 0.29) is 11.4 Å². The van der Waals surface area contributed by atoms with Crippen LogP contribution in [0.4, 0.5) is 14.5 Å². The predicted molar refractivity (Wildman–Crippen MR) is 54.1 cm³/mol. The van der Waals surface area contributed by atoms with E-state index < -0.39 is 21.7 Å². The molecule has 0 saturated carbocycles. The summed E-state index contributed by atoms with van der Waals surface area (Å²) < 4.78 is 50.3. The van der Waals surface area contributed by atoms with E-state index in [1.807, 2.05) is 4.72 Å². The van der Waals surface area contributed by atoms with Gasteiger partial charge in [-0.3, -0.25) is 4.72 Å².